The maximum atomic E-state index is 10.5. The van der Waals surface area contributed by atoms with Crippen LogP contribution in [0.3, 0.4) is 0 Å². The van der Waals surface area contributed by atoms with Crippen LogP contribution in [0, 0.1) is 0 Å². The van der Waals surface area contributed by atoms with Gasteiger partial charge in [-0.2, -0.15) is 11.8 Å². The van der Waals surface area contributed by atoms with Crippen LogP contribution in [0.15, 0.2) is 0 Å². The molecule has 0 atom stereocenters. The van der Waals surface area contributed by atoms with E-state index in [9.17, 15) is 4.79 Å². The van der Waals surface area contributed by atoms with E-state index in [-0.39, 0.29) is 5.91 Å². The van der Waals surface area contributed by atoms with Crippen molar-refractivity contribution in [2.24, 2.45) is 5.73 Å². The summed E-state index contributed by atoms with van der Waals surface area (Å²) in [6.07, 6.45) is 6.56. The Kier molecular flexibility index (Phi) is 4.06. The summed E-state index contributed by atoms with van der Waals surface area (Å²) in [5.41, 5.74) is 5.04. The molecule has 1 saturated carbocycles. The van der Waals surface area contributed by atoms with E-state index in [2.05, 4.69) is 11.6 Å². The fourth-order valence-electron chi connectivity index (χ4n) is 1.55. The lowest BCUT2D eigenvalue weighted by atomic mass is 9.84. The molecule has 0 heterocycles. The second-order valence-electron chi connectivity index (χ2n) is 3.63. The minimum atomic E-state index is -0.223. The predicted octanol–water partition coefficient (Wildman–Crippen LogP) is 0.737. The zero-order valence-corrected chi connectivity index (χ0v) is 8.95. The van der Waals surface area contributed by atoms with Gasteiger partial charge in [0.05, 0.1) is 0 Å². The molecule has 1 fully saturated rings. The largest absolute Gasteiger partial charge is 0.370 e. The highest BCUT2D eigenvalue weighted by Crippen LogP contribution is 2.41. The normalized spacial score (nSPS) is 19.5. The molecule has 0 unspecified atom stereocenters. The number of carbonyl (C=O) groups excluding carboxylic acids is 1. The van der Waals surface area contributed by atoms with E-state index in [4.69, 9.17) is 5.73 Å². The van der Waals surface area contributed by atoms with Gasteiger partial charge >= 0.3 is 0 Å². The first-order valence-electron chi connectivity index (χ1n) is 4.73. The van der Waals surface area contributed by atoms with Crippen LogP contribution in [0.2, 0.25) is 0 Å². The number of hydrogen-bond acceptors (Lipinski definition) is 3. The quantitative estimate of drug-likeness (QED) is 0.625. The van der Waals surface area contributed by atoms with Crippen LogP contribution >= 0.6 is 11.8 Å². The number of primary amides is 1. The summed E-state index contributed by atoms with van der Waals surface area (Å²) in [7, 11) is 0. The number of amides is 1. The number of nitrogens with two attached hydrogens (primary N) is 1. The van der Waals surface area contributed by atoms with Gasteiger partial charge in [0.25, 0.3) is 0 Å². The van der Waals surface area contributed by atoms with Crippen LogP contribution in [0.4, 0.5) is 0 Å². The third-order valence-electron chi connectivity index (χ3n) is 2.69. The summed E-state index contributed by atoms with van der Waals surface area (Å²) in [5.74, 6) is -0.223. The van der Waals surface area contributed by atoms with E-state index in [0.29, 0.717) is 11.2 Å². The fourth-order valence-corrected chi connectivity index (χ4v) is 2.50. The Morgan fingerprint density at radius 3 is 2.69 bits per heavy atom. The van der Waals surface area contributed by atoms with Gasteiger partial charge < -0.3 is 11.1 Å². The summed E-state index contributed by atoms with van der Waals surface area (Å²) < 4.78 is 0.456. The molecule has 1 aliphatic carbocycles. The minimum Gasteiger partial charge on any atom is -0.370 e. The third-order valence-corrected chi connectivity index (χ3v) is 4.11. The van der Waals surface area contributed by atoms with E-state index in [1.165, 1.54) is 19.3 Å². The molecule has 3 nitrogen and oxygen atoms in total. The Labute approximate surface area is 83.8 Å². The number of nitrogens with one attached hydrogen (secondary N) is 1. The highest BCUT2D eigenvalue weighted by molar-refractivity contribution is 8.00. The Morgan fingerprint density at radius 1 is 1.62 bits per heavy atom. The molecule has 0 aliphatic heterocycles. The first kappa shape index (κ1) is 10.9. The SMILES string of the molecule is CSC1(CNCCC(N)=O)CCC1. The van der Waals surface area contributed by atoms with Crippen molar-refractivity contribution in [3.8, 4) is 0 Å². The first-order chi connectivity index (χ1) is 6.18. The highest BCUT2D eigenvalue weighted by atomic mass is 32.2. The fraction of sp³-hybridized carbons (Fsp3) is 0.889. The average Bonchev–Trinajstić information content (AvgIpc) is 2.01. The number of rotatable bonds is 6. The average molecular weight is 202 g/mol. The first-order valence-corrected chi connectivity index (χ1v) is 5.95. The van der Waals surface area contributed by atoms with Crippen molar-refractivity contribution >= 4 is 17.7 Å². The second-order valence-corrected chi connectivity index (χ2v) is 4.91. The molecule has 3 N–H and O–H groups in total. The summed E-state index contributed by atoms with van der Waals surface area (Å²) in [6.45, 7) is 1.74. The maximum absolute atomic E-state index is 10.5. The lowest BCUT2D eigenvalue weighted by Gasteiger charge is -2.40. The van der Waals surface area contributed by atoms with Crippen LogP contribution in [-0.4, -0.2) is 30.0 Å². The molecule has 0 saturated heterocycles. The van der Waals surface area contributed by atoms with Gasteiger partial charge in [0.15, 0.2) is 0 Å². The molecule has 0 spiro atoms. The van der Waals surface area contributed by atoms with E-state index in [1.54, 1.807) is 0 Å². The molecule has 1 aliphatic rings. The van der Waals surface area contributed by atoms with E-state index in [1.807, 2.05) is 11.8 Å². The van der Waals surface area contributed by atoms with Gasteiger partial charge in [0, 0.05) is 24.3 Å². The van der Waals surface area contributed by atoms with Gasteiger partial charge in [-0.05, 0) is 19.1 Å². The molecular weight excluding hydrogens is 184 g/mol. The Balaban J connectivity index is 2.07. The molecule has 0 aromatic rings. The zero-order valence-electron chi connectivity index (χ0n) is 8.14. The third kappa shape index (κ3) is 3.19. The topological polar surface area (TPSA) is 55.1 Å². The number of thioether (sulfide) groups is 1. The summed E-state index contributed by atoms with van der Waals surface area (Å²) in [4.78, 5) is 10.5. The number of carbonyl (C=O) groups is 1. The van der Waals surface area contributed by atoms with E-state index in [0.717, 1.165) is 13.1 Å². The monoisotopic (exact) mass is 202 g/mol. The van der Waals surface area contributed by atoms with Crippen molar-refractivity contribution in [3.63, 3.8) is 0 Å². The molecule has 0 aromatic heterocycles. The van der Waals surface area contributed by atoms with Gasteiger partial charge in [-0.1, -0.05) is 6.42 Å². The van der Waals surface area contributed by atoms with Crippen LogP contribution in [0.1, 0.15) is 25.7 Å². The Hall–Kier alpha value is -0.220. The van der Waals surface area contributed by atoms with Crippen LogP contribution < -0.4 is 11.1 Å². The lowest BCUT2D eigenvalue weighted by molar-refractivity contribution is -0.117. The maximum Gasteiger partial charge on any atom is 0.218 e. The Bertz CT molecular complexity index is 175. The summed E-state index contributed by atoms with van der Waals surface area (Å²) in [6, 6.07) is 0. The van der Waals surface area contributed by atoms with Gasteiger partial charge in [-0.3, -0.25) is 4.79 Å². The molecule has 13 heavy (non-hydrogen) atoms. The minimum absolute atomic E-state index is 0.223. The molecule has 1 rings (SSSR count). The van der Waals surface area contributed by atoms with E-state index >= 15 is 0 Å². The number of hydrogen-bond donors (Lipinski definition) is 2. The van der Waals surface area contributed by atoms with Crippen molar-refractivity contribution in [3.05, 3.63) is 0 Å². The standard InChI is InChI=1S/C9H18N2OS/c1-13-9(4-2-5-9)7-11-6-3-8(10)12/h11H,2-7H2,1H3,(H2,10,12). The molecule has 0 radical (unpaired) electrons. The second kappa shape index (κ2) is 4.86. The van der Waals surface area contributed by atoms with E-state index < -0.39 is 0 Å². The van der Waals surface area contributed by atoms with Crippen molar-refractivity contribution in [2.75, 3.05) is 19.3 Å². The van der Waals surface area contributed by atoms with Gasteiger partial charge in [0.2, 0.25) is 5.91 Å². The van der Waals surface area contributed by atoms with Crippen LogP contribution in [0.25, 0.3) is 0 Å². The molecule has 0 bridgehead atoms. The lowest BCUT2D eigenvalue weighted by Crippen LogP contribution is -2.43. The molecule has 76 valence electrons. The van der Waals surface area contributed by atoms with Crippen LogP contribution in [0.5, 0.6) is 0 Å². The van der Waals surface area contributed by atoms with Gasteiger partial charge in [-0.25, -0.2) is 0 Å². The summed E-state index contributed by atoms with van der Waals surface area (Å²) >= 11 is 1.94. The van der Waals surface area contributed by atoms with Crippen molar-refractivity contribution in [1.82, 2.24) is 5.32 Å². The zero-order chi connectivity index (χ0) is 9.73. The highest BCUT2D eigenvalue weighted by Gasteiger charge is 2.35. The molecule has 1 amide bonds. The van der Waals surface area contributed by atoms with Crippen LogP contribution in [-0.2, 0) is 4.79 Å². The van der Waals surface area contributed by atoms with Crippen molar-refractivity contribution in [2.45, 2.75) is 30.4 Å². The van der Waals surface area contributed by atoms with Gasteiger partial charge in [0.1, 0.15) is 0 Å². The predicted molar refractivity (Wildman–Crippen MR) is 56.8 cm³/mol. The molecule has 4 heteroatoms. The molecule has 0 aromatic carbocycles. The van der Waals surface area contributed by atoms with Crippen molar-refractivity contribution in [1.29, 1.82) is 0 Å². The molecular formula is C9H18N2OS. The summed E-state index contributed by atoms with van der Waals surface area (Å²) in [5, 5.41) is 3.29. The van der Waals surface area contributed by atoms with Crippen molar-refractivity contribution < 1.29 is 4.79 Å². The van der Waals surface area contributed by atoms with Gasteiger partial charge in [-0.15, -0.1) is 0 Å². The Morgan fingerprint density at radius 2 is 2.31 bits per heavy atom. The smallest absolute Gasteiger partial charge is 0.218 e.